The second-order valence-electron chi connectivity index (χ2n) is 9.39. The van der Waals surface area contributed by atoms with E-state index < -0.39 is 6.04 Å². The minimum absolute atomic E-state index is 0.223. The Hall–Kier alpha value is -4.86. The number of hydrogen-bond donors (Lipinski definition) is 5. The van der Waals surface area contributed by atoms with Crippen LogP contribution in [0.5, 0.6) is 0 Å². The first-order valence-corrected chi connectivity index (χ1v) is 13.0. The predicted molar refractivity (Wildman–Crippen MR) is 155 cm³/mol. The Labute approximate surface area is 226 Å². The van der Waals surface area contributed by atoms with Crippen molar-refractivity contribution in [3.63, 3.8) is 0 Å². The number of nitrogens with one attached hydrogen (secondary N) is 4. The SMILES string of the molecule is CCNC(=O)C(CN(CC)c1ccccc1)NC(=O)c1ccc2[nH]c(-c3cc(N)nc4[nH]c(C)nc34)cc2c1. The first-order chi connectivity index (χ1) is 18.9. The van der Waals surface area contributed by atoms with E-state index in [0.717, 1.165) is 39.2 Å². The fourth-order valence-electron chi connectivity index (χ4n) is 4.76. The monoisotopic (exact) mass is 524 g/mol. The normalized spacial score (nSPS) is 12.0. The molecule has 2 amide bonds. The first-order valence-electron chi connectivity index (χ1n) is 13.0. The van der Waals surface area contributed by atoms with Gasteiger partial charge in [0.05, 0.1) is 0 Å². The van der Waals surface area contributed by atoms with Gasteiger partial charge in [-0.3, -0.25) is 9.59 Å². The van der Waals surface area contributed by atoms with Crippen molar-refractivity contribution in [3.05, 3.63) is 72.1 Å². The maximum atomic E-state index is 13.4. The number of aryl methyl sites for hydroxylation is 1. The molecule has 0 saturated heterocycles. The van der Waals surface area contributed by atoms with Crippen molar-refractivity contribution in [1.82, 2.24) is 30.6 Å². The quantitative estimate of drug-likeness (QED) is 0.199. The number of H-pyrrole nitrogens is 2. The molecule has 1 atom stereocenters. The largest absolute Gasteiger partial charge is 0.384 e. The maximum Gasteiger partial charge on any atom is 0.252 e. The molecule has 5 rings (SSSR count). The van der Waals surface area contributed by atoms with Crippen LogP contribution < -0.4 is 21.3 Å². The third kappa shape index (κ3) is 5.40. The smallest absolute Gasteiger partial charge is 0.252 e. The highest BCUT2D eigenvalue weighted by Crippen LogP contribution is 2.30. The summed E-state index contributed by atoms with van der Waals surface area (Å²) in [6.45, 7) is 7.26. The summed E-state index contributed by atoms with van der Waals surface area (Å²) in [5, 5.41) is 6.64. The zero-order valence-corrected chi connectivity index (χ0v) is 22.2. The third-order valence-corrected chi connectivity index (χ3v) is 6.64. The number of pyridine rings is 1. The van der Waals surface area contributed by atoms with Crippen molar-refractivity contribution in [2.45, 2.75) is 26.8 Å². The standard InChI is InChI=1S/C29H32N8O2/c1-4-31-29(39)24(16-37(5-2)20-9-7-6-8-10-20)35-28(38)18-11-12-22-19(13-18)14-23(34-22)21-15-25(30)36-27-26(21)32-17(3)33-27/h6-15,24,34H,4-5,16H2,1-3H3,(H,31,39)(H,35,38)(H3,30,32,33,36). The van der Waals surface area contributed by atoms with Crippen LogP contribution in [-0.4, -0.2) is 57.4 Å². The lowest BCUT2D eigenvalue weighted by Gasteiger charge is -2.28. The number of benzene rings is 2. The Kier molecular flexibility index (Phi) is 7.18. The maximum absolute atomic E-state index is 13.4. The molecule has 200 valence electrons. The van der Waals surface area contributed by atoms with Gasteiger partial charge < -0.3 is 31.2 Å². The van der Waals surface area contributed by atoms with Crippen LogP contribution in [0.2, 0.25) is 0 Å². The predicted octanol–water partition coefficient (Wildman–Crippen LogP) is 3.76. The molecular weight excluding hydrogens is 492 g/mol. The van der Waals surface area contributed by atoms with Crippen LogP contribution >= 0.6 is 0 Å². The number of nitrogen functional groups attached to an aromatic ring is 1. The Balaban J connectivity index is 1.41. The van der Waals surface area contributed by atoms with Gasteiger partial charge in [-0.05, 0) is 63.2 Å². The van der Waals surface area contributed by atoms with Crippen LogP contribution in [0.3, 0.4) is 0 Å². The molecule has 2 aromatic carbocycles. The van der Waals surface area contributed by atoms with Crippen LogP contribution in [0.25, 0.3) is 33.3 Å². The van der Waals surface area contributed by atoms with Gasteiger partial charge in [-0.25, -0.2) is 9.97 Å². The molecule has 0 bridgehead atoms. The summed E-state index contributed by atoms with van der Waals surface area (Å²) in [7, 11) is 0. The zero-order chi connectivity index (χ0) is 27.5. The van der Waals surface area contributed by atoms with Gasteiger partial charge in [0.15, 0.2) is 5.65 Å². The van der Waals surface area contributed by atoms with Crippen molar-refractivity contribution in [1.29, 1.82) is 0 Å². The molecule has 0 aliphatic carbocycles. The van der Waals surface area contributed by atoms with Gasteiger partial charge in [-0.2, -0.15) is 0 Å². The average molecular weight is 525 g/mol. The molecule has 10 nitrogen and oxygen atoms in total. The molecule has 1 unspecified atom stereocenters. The number of para-hydroxylation sites is 1. The molecule has 0 aliphatic heterocycles. The van der Waals surface area contributed by atoms with Crippen molar-refractivity contribution in [3.8, 4) is 11.3 Å². The number of imidazole rings is 1. The molecule has 0 radical (unpaired) electrons. The fourth-order valence-corrected chi connectivity index (χ4v) is 4.76. The number of aromatic nitrogens is 4. The summed E-state index contributed by atoms with van der Waals surface area (Å²) in [4.78, 5) is 43.8. The number of likely N-dealkylation sites (N-methyl/N-ethyl adjacent to an activating group) is 2. The van der Waals surface area contributed by atoms with Crippen molar-refractivity contribution < 1.29 is 9.59 Å². The Morgan fingerprint density at radius 1 is 1.03 bits per heavy atom. The molecule has 5 aromatic rings. The van der Waals surface area contributed by atoms with Gasteiger partial charge in [0.2, 0.25) is 5.91 Å². The Morgan fingerprint density at radius 3 is 2.56 bits per heavy atom. The summed E-state index contributed by atoms with van der Waals surface area (Å²) in [5.41, 5.74) is 11.3. The highest BCUT2D eigenvalue weighted by atomic mass is 16.2. The van der Waals surface area contributed by atoms with Crippen LogP contribution in [0.15, 0.2) is 60.7 Å². The number of carbonyl (C=O) groups excluding carboxylic acids is 2. The molecule has 0 saturated carbocycles. The highest BCUT2D eigenvalue weighted by molar-refractivity contribution is 6.02. The molecule has 39 heavy (non-hydrogen) atoms. The number of amides is 2. The second-order valence-corrected chi connectivity index (χ2v) is 9.39. The number of fused-ring (bicyclic) bond motifs is 2. The third-order valence-electron chi connectivity index (χ3n) is 6.64. The number of anilines is 2. The zero-order valence-electron chi connectivity index (χ0n) is 22.2. The Bertz CT molecular complexity index is 1640. The number of hydrogen-bond acceptors (Lipinski definition) is 6. The molecule has 0 fully saturated rings. The van der Waals surface area contributed by atoms with Crippen LogP contribution in [-0.2, 0) is 4.79 Å². The van der Waals surface area contributed by atoms with Gasteiger partial charge in [0.25, 0.3) is 5.91 Å². The first kappa shape index (κ1) is 25.8. The van der Waals surface area contributed by atoms with E-state index in [2.05, 4.69) is 35.5 Å². The number of nitrogens with zero attached hydrogens (tertiary/aromatic N) is 3. The van der Waals surface area contributed by atoms with Gasteiger partial charge in [-0.1, -0.05) is 18.2 Å². The number of nitrogens with two attached hydrogens (primary N) is 1. The lowest BCUT2D eigenvalue weighted by molar-refractivity contribution is -0.122. The van der Waals surface area contributed by atoms with Gasteiger partial charge in [0.1, 0.15) is 23.2 Å². The molecule has 3 heterocycles. The molecule has 3 aromatic heterocycles. The van der Waals surface area contributed by atoms with E-state index in [4.69, 9.17) is 5.73 Å². The lowest BCUT2D eigenvalue weighted by Crippen LogP contribution is -2.52. The average Bonchev–Trinajstić information content (AvgIpc) is 3.53. The van der Waals surface area contributed by atoms with Crippen molar-refractivity contribution in [2.75, 3.05) is 30.3 Å². The topological polar surface area (TPSA) is 145 Å². The molecule has 6 N–H and O–H groups in total. The molecule has 0 aliphatic rings. The van der Waals surface area contributed by atoms with E-state index in [1.165, 1.54) is 0 Å². The van der Waals surface area contributed by atoms with E-state index in [1.54, 1.807) is 12.1 Å². The van der Waals surface area contributed by atoms with Crippen LogP contribution in [0.4, 0.5) is 11.5 Å². The van der Waals surface area contributed by atoms with Crippen molar-refractivity contribution in [2.24, 2.45) is 0 Å². The summed E-state index contributed by atoms with van der Waals surface area (Å²) in [6, 6.07) is 18.3. The Morgan fingerprint density at radius 2 is 1.82 bits per heavy atom. The van der Waals surface area contributed by atoms with Crippen LogP contribution in [0.1, 0.15) is 30.0 Å². The van der Waals surface area contributed by atoms with E-state index >= 15 is 0 Å². The highest BCUT2D eigenvalue weighted by Gasteiger charge is 2.24. The van der Waals surface area contributed by atoms with Crippen molar-refractivity contribution >= 4 is 45.4 Å². The summed E-state index contributed by atoms with van der Waals surface area (Å²) in [6.07, 6.45) is 0. The molecule has 0 spiro atoms. The summed E-state index contributed by atoms with van der Waals surface area (Å²) < 4.78 is 0. The number of aromatic amines is 2. The van der Waals surface area contributed by atoms with E-state index in [9.17, 15) is 9.59 Å². The lowest BCUT2D eigenvalue weighted by atomic mass is 10.1. The van der Waals surface area contributed by atoms with Gasteiger partial charge >= 0.3 is 0 Å². The molecular formula is C29H32N8O2. The number of carbonyl (C=O) groups is 2. The fraction of sp³-hybridized carbons (Fsp3) is 0.241. The minimum Gasteiger partial charge on any atom is -0.384 e. The minimum atomic E-state index is -0.730. The van der Waals surface area contributed by atoms with E-state index in [0.29, 0.717) is 36.7 Å². The second kappa shape index (κ2) is 10.9. The summed E-state index contributed by atoms with van der Waals surface area (Å²) >= 11 is 0. The molecule has 10 heteroatoms. The van der Waals surface area contributed by atoms with E-state index in [1.807, 2.05) is 69.3 Å². The van der Waals surface area contributed by atoms with Crippen LogP contribution in [0, 0.1) is 6.92 Å². The van der Waals surface area contributed by atoms with E-state index in [-0.39, 0.29) is 11.8 Å². The van der Waals surface area contributed by atoms with Gasteiger partial charge in [-0.15, -0.1) is 0 Å². The summed E-state index contributed by atoms with van der Waals surface area (Å²) in [5.74, 6) is 0.584. The number of rotatable bonds is 9. The van der Waals surface area contributed by atoms with Gasteiger partial charge in [0, 0.05) is 53.0 Å².